The first-order valence-electron chi connectivity index (χ1n) is 11.3. The number of amides is 1. The Bertz CT molecular complexity index is 850. The van der Waals surface area contributed by atoms with Gasteiger partial charge in [0.2, 0.25) is 5.91 Å². The van der Waals surface area contributed by atoms with E-state index in [-0.39, 0.29) is 18.5 Å². The fourth-order valence-corrected chi connectivity index (χ4v) is 4.65. The first-order valence-corrected chi connectivity index (χ1v) is 11.3. The number of hydrogen-bond donors (Lipinski definition) is 1. The van der Waals surface area contributed by atoms with E-state index in [0.717, 1.165) is 40.9 Å². The Hall–Kier alpha value is -2.50. The van der Waals surface area contributed by atoms with Crippen LogP contribution in [0.3, 0.4) is 0 Å². The number of nitrogens with one attached hydrogen (secondary N) is 1. The van der Waals surface area contributed by atoms with Crippen molar-refractivity contribution in [1.29, 1.82) is 0 Å². The van der Waals surface area contributed by atoms with Crippen LogP contribution in [0.15, 0.2) is 11.6 Å². The highest BCUT2D eigenvalue weighted by atomic mass is 16.5. The third-order valence-electron chi connectivity index (χ3n) is 6.45. The smallest absolute Gasteiger partial charge is 0.342 e. The van der Waals surface area contributed by atoms with Gasteiger partial charge in [0.25, 0.3) is 0 Å². The molecule has 1 heterocycles. The molecule has 31 heavy (non-hydrogen) atoms. The van der Waals surface area contributed by atoms with E-state index >= 15 is 0 Å². The summed E-state index contributed by atoms with van der Waals surface area (Å²) < 4.78 is 16.5. The van der Waals surface area contributed by atoms with Gasteiger partial charge in [-0.3, -0.25) is 4.79 Å². The number of fused-ring (bicyclic) bond motifs is 1. The highest BCUT2D eigenvalue weighted by Crippen LogP contribution is 2.42. The van der Waals surface area contributed by atoms with E-state index in [1.807, 2.05) is 13.8 Å². The van der Waals surface area contributed by atoms with Gasteiger partial charge in [-0.25, -0.2) is 4.79 Å². The number of esters is 1. The summed E-state index contributed by atoms with van der Waals surface area (Å²) in [6.45, 7) is 4.22. The lowest BCUT2D eigenvalue weighted by Crippen LogP contribution is -2.34. The van der Waals surface area contributed by atoms with E-state index in [2.05, 4.69) is 11.4 Å². The average molecular weight is 430 g/mol. The molecule has 0 unspecified atom stereocenters. The molecule has 0 bridgehead atoms. The summed E-state index contributed by atoms with van der Waals surface area (Å²) in [6, 6.07) is 0.335. The first kappa shape index (κ1) is 23.2. The number of carbonyl (C=O) groups excluding carboxylic acids is 2. The number of methoxy groups -OCH3 is 2. The quantitative estimate of drug-likeness (QED) is 0.365. The Kier molecular flexibility index (Phi) is 7.99. The molecule has 0 atom stereocenters. The predicted octanol–water partition coefficient (Wildman–Crippen LogP) is 4.79. The summed E-state index contributed by atoms with van der Waals surface area (Å²) in [5, 5.41) is 3.21. The van der Waals surface area contributed by atoms with E-state index < -0.39 is 0 Å². The minimum atomic E-state index is -0.352. The van der Waals surface area contributed by atoms with Crippen molar-refractivity contribution < 1.29 is 23.8 Å². The molecule has 1 saturated carbocycles. The van der Waals surface area contributed by atoms with Crippen molar-refractivity contribution in [2.75, 3.05) is 14.2 Å². The van der Waals surface area contributed by atoms with Crippen molar-refractivity contribution in [3.63, 3.8) is 0 Å². The number of hydrogen-bond acceptors (Lipinski definition) is 5. The molecule has 2 aliphatic rings. The molecule has 1 aromatic rings. The number of benzene rings is 1. The maximum Gasteiger partial charge on any atom is 0.342 e. The van der Waals surface area contributed by atoms with Gasteiger partial charge in [0.05, 0.1) is 14.2 Å². The number of cyclic esters (lactones) is 1. The Balaban J connectivity index is 1.66. The zero-order chi connectivity index (χ0) is 22.4. The number of rotatable bonds is 8. The minimum absolute atomic E-state index is 0.130. The summed E-state index contributed by atoms with van der Waals surface area (Å²) in [6.07, 6.45) is 11.0. The topological polar surface area (TPSA) is 73.9 Å². The summed E-state index contributed by atoms with van der Waals surface area (Å²) in [5.74, 6) is 1.03. The van der Waals surface area contributed by atoms with E-state index in [0.29, 0.717) is 36.6 Å². The second-order valence-electron chi connectivity index (χ2n) is 8.61. The predicted molar refractivity (Wildman–Crippen MR) is 120 cm³/mol. The van der Waals surface area contributed by atoms with Crippen LogP contribution in [0.4, 0.5) is 0 Å². The standard InChI is InChI=1S/C25H35NO5/c1-16(12-14-21(27)26-18-9-7-5-6-8-10-18)11-13-19-23(29-3)17(2)20-15-31-25(28)22(20)24(19)30-4/h11,18H,5-10,12-15H2,1-4H3,(H,26,27)/b16-11+. The Labute approximate surface area is 185 Å². The van der Waals surface area contributed by atoms with E-state index in [9.17, 15) is 9.59 Å². The summed E-state index contributed by atoms with van der Waals surface area (Å²) in [5.41, 5.74) is 4.21. The SMILES string of the molecule is COc1c(C)c2c(c(OC)c1C/C=C(\C)CCC(=O)NC1CCCCCC1)C(=O)OC2. The van der Waals surface area contributed by atoms with Crippen LogP contribution < -0.4 is 14.8 Å². The van der Waals surface area contributed by atoms with Crippen LogP contribution >= 0.6 is 0 Å². The molecule has 6 heteroatoms. The third kappa shape index (κ3) is 5.41. The van der Waals surface area contributed by atoms with Gasteiger partial charge >= 0.3 is 5.97 Å². The lowest BCUT2D eigenvalue weighted by Gasteiger charge is -2.18. The van der Waals surface area contributed by atoms with Gasteiger partial charge in [-0.1, -0.05) is 37.3 Å². The molecule has 1 aliphatic carbocycles. The van der Waals surface area contributed by atoms with Crippen molar-refractivity contribution in [2.45, 2.75) is 84.3 Å². The molecule has 1 aliphatic heterocycles. The molecule has 0 aromatic heterocycles. The lowest BCUT2D eigenvalue weighted by atomic mass is 9.94. The molecule has 1 N–H and O–H groups in total. The Morgan fingerprint density at radius 1 is 1.10 bits per heavy atom. The summed E-state index contributed by atoms with van der Waals surface area (Å²) >= 11 is 0. The fourth-order valence-electron chi connectivity index (χ4n) is 4.65. The van der Waals surface area contributed by atoms with Gasteiger partial charge in [-0.05, 0) is 45.1 Å². The Morgan fingerprint density at radius 2 is 1.77 bits per heavy atom. The van der Waals surface area contributed by atoms with Crippen LogP contribution in [0.25, 0.3) is 0 Å². The van der Waals surface area contributed by atoms with E-state index in [1.165, 1.54) is 25.7 Å². The largest absolute Gasteiger partial charge is 0.496 e. The molecule has 3 rings (SSSR count). The number of ether oxygens (including phenoxy) is 3. The van der Waals surface area contributed by atoms with Crippen molar-refractivity contribution in [3.8, 4) is 11.5 Å². The summed E-state index contributed by atoms with van der Waals surface area (Å²) in [4.78, 5) is 24.6. The second kappa shape index (κ2) is 10.7. The molecular formula is C25H35NO5. The molecule has 170 valence electrons. The normalized spacial score (nSPS) is 17.0. The second-order valence-corrected chi connectivity index (χ2v) is 8.61. The number of allylic oxidation sites excluding steroid dienone is 2. The van der Waals surface area contributed by atoms with Crippen molar-refractivity contribution in [2.24, 2.45) is 0 Å². The maximum absolute atomic E-state index is 12.4. The molecule has 1 aromatic carbocycles. The monoisotopic (exact) mass is 429 g/mol. The van der Waals surface area contributed by atoms with Gasteiger partial charge in [0.1, 0.15) is 23.7 Å². The molecule has 0 spiro atoms. The van der Waals surface area contributed by atoms with Crippen LogP contribution in [0.5, 0.6) is 11.5 Å². The van der Waals surface area contributed by atoms with Gasteiger partial charge < -0.3 is 19.5 Å². The maximum atomic E-state index is 12.4. The van der Waals surface area contributed by atoms with Gasteiger partial charge in [-0.15, -0.1) is 0 Å². The lowest BCUT2D eigenvalue weighted by molar-refractivity contribution is -0.121. The van der Waals surface area contributed by atoms with Crippen LogP contribution in [-0.2, 0) is 22.6 Å². The van der Waals surface area contributed by atoms with Gasteiger partial charge in [0, 0.05) is 23.6 Å². The van der Waals surface area contributed by atoms with Crippen LogP contribution in [-0.4, -0.2) is 32.1 Å². The van der Waals surface area contributed by atoms with Crippen LogP contribution in [0.2, 0.25) is 0 Å². The molecular weight excluding hydrogens is 394 g/mol. The Morgan fingerprint density at radius 3 is 2.42 bits per heavy atom. The average Bonchev–Trinajstić information content (AvgIpc) is 2.97. The fraction of sp³-hybridized carbons (Fsp3) is 0.600. The summed E-state index contributed by atoms with van der Waals surface area (Å²) in [7, 11) is 3.19. The molecule has 1 fully saturated rings. The van der Waals surface area contributed by atoms with Crippen molar-refractivity contribution in [3.05, 3.63) is 33.9 Å². The highest BCUT2D eigenvalue weighted by molar-refractivity contribution is 5.98. The van der Waals surface area contributed by atoms with Gasteiger partial charge in [0.15, 0.2) is 0 Å². The third-order valence-corrected chi connectivity index (χ3v) is 6.45. The minimum Gasteiger partial charge on any atom is -0.496 e. The zero-order valence-electron chi connectivity index (χ0n) is 19.3. The highest BCUT2D eigenvalue weighted by Gasteiger charge is 2.32. The molecule has 6 nitrogen and oxygen atoms in total. The van der Waals surface area contributed by atoms with Gasteiger partial charge in [-0.2, -0.15) is 0 Å². The zero-order valence-corrected chi connectivity index (χ0v) is 19.3. The van der Waals surface area contributed by atoms with E-state index in [1.54, 1.807) is 14.2 Å². The van der Waals surface area contributed by atoms with E-state index in [4.69, 9.17) is 14.2 Å². The van der Waals surface area contributed by atoms with Crippen LogP contribution in [0, 0.1) is 6.92 Å². The first-order chi connectivity index (χ1) is 15.0. The molecule has 0 radical (unpaired) electrons. The number of carbonyl (C=O) groups is 2. The molecule has 1 amide bonds. The van der Waals surface area contributed by atoms with Crippen molar-refractivity contribution >= 4 is 11.9 Å². The molecule has 0 saturated heterocycles. The van der Waals surface area contributed by atoms with Crippen LogP contribution in [0.1, 0.15) is 85.3 Å². The van der Waals surface area contributed by atoms with Crippen molar-refractivity contribution in [1.82, 2.24) is 5.32 Å².